The number of aromatic nitrogens is 1. The van der Waals surface area contributed by atoms with Crippen molar-refractivity contribution >= 4 is 0 Å². The number of oxazole rings is 1. The predicted octanol–water partition coefficient (Wildman–Crippen LogP) is 2.70. The van der Waals surface area contributed by atoms with Gasteiger partial charge in [0.25, 0.3) is 0 Å². The molecule has 0 bridgehead atoms. The molecule has 1 aromatic rings. The van der Waals surface area contributed by atoms with Gasteiger partial charge in [-0.05, 0) is 33.7 Å². The molecule has 1 heterocycles. The highest BCUT2D eigenvalue weighted by atomic mass is 16.5. The summed E-state index contributed by atoms with van der Waals surface area (Å²) in [5, 5.41) is 3.35. The Morgan fingerprint density at radius 3 is 2.82 bits per heavy atom. The minimum absolute atomic E-state index is 0.161. The highest BCUT2D eigenvalue weighted by Gasteiger charge is 2.20. The van der Waals surface area contributed by atoms with Crippen molar-refractivity contribution in [2.24, 2.45) is 0 Å². The van der Waals surface area contributed by atoms with Gasteiger partial charge in [0.15, 0.2) is 0 Å². The van der Waals surface area contributed by atoms with Crippen LogP contribution in [0.1, 0.15) is 51.8 Å². The average molecular weight is 240 g/mol. The number of hydrogen-bond acceptors (Lipinski definition) is 4. The number of methoxy groups -OCH3 is 1. The molecule has 0 spiro atoms. The van der Waals surface area contributed by atoms with Crippen LogP contribution < -0.4 is 5.32 Å². The number of ether oxygens (including phenoxy) is 1. The molecule has 1 atom stereocenters. The van der Waals surface area contributed by atoms with Crippen molar-refractivity contribution in [1.29, 1.82) is 0 Å². The Labute approximate surface area is 104 Å². The van der Waals surface area contributed by atoms with Crippen LogP contribution in [0, 0.1) is 0 Å². The fraction of sp³-hybridized carbons (Fsp3) is 0.769. The zero-order valence-corrected chi connectivity index (χ0v) is 11.5. The van der Waals surface area contributed by atoms with E-state index in [1.54, 1.807) is 13.3 Å². The van der Waals surface area contributed by atoms with Gasteiger partial charge < -0.3 is 14.5 Å². The average Bonchev–Trinajstić information content (AvgIpc) is 2.73. The molecule has 0 aliphatic heterocycles. The Morgan fingerprint density at radius 2 is 2.24 bits per heavy atom. The minimum Gasteiger partial charge on any atom is -0.444 e. The van der Waals surface area contributed by atoms with E-state index < -0.39 is 0 Å². The van der Waals surface area contributed by atoms with Gasteiger partial charge in [0, 0.05) is 13.5 Å². The van der Waals surface area contributed by atoms with E-state index in [0.29, 0.717) is 0 Å². The van der Waals surface area contributed by atoms with Crippen LogP contribution in [0.25, 0.3) is 0 Å². The topological polar surface area (TPSA) is 47.3 Å². The molecule has 98 valence electrons. The van der Waals surface area contributed by atoms with Crippen molar-refractivity contribution in [3.63, 3.8) is 0 Å². The molecular formula is C13H24N2O2. The lowest BCUT2D eigenvalue weighted by Gasteiger charge is -2.20. The molecule has 0 amide bonds. The molecule has 1 N–H and O–H groups in total. The second kappa shape index (κ2) is 6.17. The van der Waals surface area contributed by atoms with Gasteiger partial charge in [-0.1, -0.05) is 6.92 Å². The summed E-state index contributed by atoms with van der Waals surface area (Å²) in [6.45, 7) is 9.25. The summed E-state index contributed by atoms with van der Waals surface area (Å²) in [5.41, 5.74) is -0.211. The maximum Gasteiger partial charge on any atom is 0.211 e. The summed E-state index contributed by atoms with van der Waals surface area (Å²) < 4.78 is 11.1. The lowest BCUT2D eigenvalue weighted by atomic mass is 10.0. The van der Waals surface area contributed by atoms with Crippen molar-refractivity contribution < 1.29 is 9.15 Å². The number of hydrogen-bond donors (Lipinski definition) is 1. The van der Waals surface area contributed by atoms with Crippen molar-refractivity contribution in [2.75, 3.05) is 13.7 Å². The van der Waals surface area contributed by atoms with E-state index in [0.717, 1.165) is 31.0 Å². The van der Waals surface area contributed by atoms with Crippen LogP contribution in [0.2, 0.25) is 0 Å². The SMILES string of the molecule is CCCNC(C)c1ncc(CC(C)(C)OC)o1. The number of rotatable bonds is 7. The largest absolute Gasteiger partial charge is 0.444 e. The van der Waals surface area contributed by atoms with Crippen LogP contribution in [-0.4, -0.2) is 24.2 Å². The smallest absolute Gasteiger partial charge is 0.211 e. The highest BCUT2D eigenvalue weighted by Crippen LogP contribution is 2.19. The third kappa shape index (κ3) is 4.48. The van der Waals surface area contributed by atoms with Crippen LogP contribution >= 0.6 is 0 Å². The van der Waals surface area contributed by atoms with E-state index >= 15 is 0 Å². The maximum atomic E-state index is 5.73. The van der Waals surface area contributed by atoms with Crippen LogP contribution in [0.4, 0.5) is 0 Å². The van der Waals surface area contributed by atoms with Gasteiger partial charge in [-0.15, -0.1) is 0 Å². The molecule has 4 heteroatoms. The normalized spacial score (nSPS) is 13.9. The van der Waals surface area contributed by atoms with Crippen LogP contribution in [0.15, 0.2) is 10.6 Å². The molecule has 4 nitrogen and oxygen atoms in total. The summed E-state index contributed by atoms with van der Waals surface area (Å²) in [4.78, 5) is 4.30. The molecule has 0 radical (unpaired) electrons. The van der Waals surface area contributed by atoms with Gasteiger partial charge in [0.1, 0.15) is 5.76 Å². The Bertz CT molecular complexity index is 334. The van der Waals surface area contributed by atoms with Gasteiger partial charge >= 0.3 is 0 Å². The molecule has 0 fully saturated rings. The van der Waals surface area contributed by atoms with E-state index in [-0.39, 0.29) is 11.6 Å². The number of nitrogens with one attached hydrogen (secondary N) is 1. The lowest BCUT2D eigenvalue weighted by Crippen LogP contribution is -2.25. The summed E-state index contributed by atoms with van der Waals surface area (Å²) in [6.07, 6.45) is 3.63. The Kier molecular flexibility index (Phi) is 5.15. The van der Waals surface area contributed by atoms with E-state index in [1.807, 2.05) is 13.8 Å². The van der Waals surface area contributed by atoms with Gasteiger partial charge in [0.2, 0.25) is 5.89 Å². The summed E-state index contributed by atoms with van der Waals surface area (Å²) >= 11 is 0. The number of nitrogens with zero attached hydrogens (tertiary/aromatic N) is 1. The first-order valence-corrected chi connectivity index (χ1v) is 6.21. The molecule has 0 aliphatic carbocycles. The zero-order valence-electron chi connectivity index (χ0n) is 11.5. The van der Waals surface area contributed by atoms with Gasteiger partial charge in [0.05, 0.1) is 17.8 Å². The van der Waals surface area contributed by atoms with Gasteiger partial charge in [-0.2, -0.15) is 0 Å². The molecule has 1 aromatic heterocycles. The fourth-order valence-electron chi connectivity index (χ4n) is 1.54. The van der Waals surface area contributed by atoms with Gasteiger partial charge in [-0.3, -0.25) is 0 Å². The summed E-state index contributed by atoms with van der Waals surface area (Å²) in [6, 6.07) is 0.161. The molecule has 0 saturated heterocycles. The maximum absolute atomic E-state index is 5.73. The minimum atomic E-state index is -0.211. The second-order valence-electron chi connectivity index (χ2n) is 4.98. The third-order valence-corrected chi connectivity index (χ3v) is 2.79. The van der Waals surface area contributed by atoms with Crippen molar-refractivity contribution in [3.05, 3.63) is 17.8 Å². The van der Waals surface area contributed by atoms with E-state index in [1.165, 1.54) is 0 Å². The van der Waals surface area contributed by atoms with Crippen LogP contribution in [-0.2, 0) is 11.2 Å². The monoisotopic (exact) mass is 240 g/mol. The molecule has 1 rings (SSSR count). The van der Waals surface area contributed by atoms with Crippen molar-refractivity contribution in [1.82, 2.24) is 10.3 Å². The third-order valence-electron chi connectivity index (χ3n) is 2.79. The van der Waals surface area contributed by atoms with E-state index in [2.05, 4.69) is 24.1 Å². The second-order valence-corrected chi connectivity index (χ2v) is 4.98. The Morgan fingerprint density at radius 1 is 1.53 bits per heavy atom. The van der Waals surface area contributed by atoms with E-state index in [9.17, 15) is 0 Å². The molecule has 0 aromatic carbocycles. The summed E-state index contributed by atoms with van der Waals surface area (Å²) in [5.74, 6) is 1.62. The Balaban J connectivity index is 2.58. The standard InChI is InChI=1S/C13H24N2O2/c1-6-7-14-10(2)12-15-9-11(17-12)8-13(3,4)16-5/h9-10,14H,6-8H2,1-5H3. The molecule has 17 heavy (non-hydrogen) atoms. The van der Waals surface area contributed by atoms with Crippen molar-refractivity contribution in [3.8, 4) is 0 Å². The highest BCUT2D eigenvalue weighted by molar-refractivity contribution is 5.00. The first kappa shape index (κ1) is 14.2. The molecule has 0 saturated carbocycles. The summed E-state index contributed by atoms with van der Waals surface area (Å²) in [7, 11) is 1.71. The Hall–Kier alpha value is -0.870. The first-order chi connectivity index (χ1) is 7.98. The van der Waals surface area contributed by atoms with E-state index in [4.69, 9.17) is 9.15 Å². The first-order valence-electron chi connectivity index (χ1n) is 6.21. The lowest BCUT2D eigenvalue weighted by molar-refractivity contribution is 0.0189. The van der Waals surface area contributed by atoms with Gasteiger partial charge in [-0.25, -0.2) is 4.98 Å². The van der Waals surface area contributed by atoms with Crippen LogP contribution in [0.3, 0.4) is 0 Å². The fourth-order valence-corrected chi connectivity index (χ4v) is 1.54. The molecule has 1 unspecified atom stereocenters. The zero-order chi connectivity index (χ0) is 12.9. The molecular weight excluding hydrogens is 216 g/mol. The van der Waals surface area contributed by atoms with Crippen molar-refractivity contribution in [2.45, 2.75) is 52.2 Å². The quantitative estimate of drug-likeness (QED) is 0.796. The predicted molar refractivity (Wildman–Crippen MR) is 68.0 cm³/mol. The molecule has 0 aliphatic rings. The van der Waals surface area contributed by atoms with Crippen LogP contribution in [0.5, 0.6) is 0 Å².